The smallest absolute Gasteiger partial charge is 0.338 e. The SMILES string of the molecule is CCCCN(C(=O)C1CC1c1ccccc1C(F)(F)F)C1CCS(=O)(=O)C1. The molecule has 0 bridgehead atoms. The van der Waals surface area contributed by atoms with Crippen molar-refractivity contribution in [2.45, 2.75) is 50.7 Å². The molecule has 1 aromatic rings. The van der Waals surface area contributed by atoms with Crippen LogP contribution >= 0.6 is 0 Å². The maximum atomic E-state index is 13.3. The summed E-state index contributed by atoms with van der Waals surface area (Å²) in [6, 6.07) is 5.05. The minimum Gasteiger partial charge on any atom is -0.338 e. The number of rotatable bonds is 6. The number of hydrogen-bond acceptors (Lipinski definition) is 3. The third kappa shape index (κ3) is 4.47. The lowest BCUT2D eigenvalue weighted by atomic mass is 10.0. The van der Waals surface area contributed by atoms with Gasteiger partial charge in [0.25, 0.3) is 0 Å². The molecule has 2 aliphatic rings. The number of carbonyl (C=O) groups excluding carboxylic acids is 1. The molecule has 0 radical (unpaired) electrons. The summed E-state index contributed by atoms with van der Waals surface area (Å²) in [5, 5.41) is 0. The van der Waals surface area contributed by atoms with Crippen molar-refractivity contribution in [1.82, 2.24) is 4.90 Å². The van der Waals surface area contributed by atoms with E-state index in [2.05, 4.69) is 0 Å². The summed E-state index contributed by atoms with van der Waals surface area (Å²) in [5.41, 5.74) is -0.522. The number of carbonyl (C=O) groups is 1. The van der Waals surface area contributed by atoms with Gasteiger partial charge in [-0.1, -0.05) is 31.5 Å². The molecule has 1 saturated heterocycles. The average molecular weight is 403 g/mol. The Balaban J connectivity index is 1.77. The fourth-order valence-corrected chi connectivity index (χ4v) is 5.66. The highest BCUT2D eigenvalue weighted by Crippen LogP contribution is 2.52. The van der Waals surface area contributed by atoms with E-state index in [1.54, 1.807) is 11.0 Å². The van der Waals surface area contributed by atoms with Crippen molar-refractivity contribution in [3.63, 3.8) is 0 Å². The summed E-state index contributed by atoms with van der Waals surface area (Å²) in [4.78, 5) is 14.6. The molecule has 1 saturated carbocycles. The molecule has 4 nitrogen and oxygen atoms in total. The maximum absolute atomic E-state index is 13.3. The van der Waals surface area contributed by atoms with Crippen molar-refractivity contribution < 1.29 is 26.4 Å². The Labute approximate surface area is 157 Å². The van der Waals surface area contributed by atoms with Gasteiger partial charge < -0.3 is 4.90 Å². The van der Waals surface area contributed by atoms with Gasteiger partial charge in [0.1, 0.15) is 0 Å². The molecule has 2 fully saturated rings. The van der Waals surface area contributed by atoms with Gasteiger partial charge in [0, 0.05) is 18.5 Å². The van der Waals surface area contributed by atoms with E-state index in [1.807, 2.05) is 6.92 Å². The van der Waals surface area contributed by atoms with E-state index in [0.29, 0.717) is 19.4 Å². The van der Waals surface area contributed by atoms with Crippen LogP contribution in [0.1, 0.15) is 49.7 Å². The molecular weight excluding hydrogens is 379 g/mol. The van der Waals surface area contributed by atoms with Gasteiger partial charge in [-0.2, -0.15) is 13.2 Å². The van der Waals surface area contributed by atoms with Crippen LogP contribution in [-0.4, -0.2) is 43.3 Å². The zero-order valence-corrected chi connectivity index (χ0v) is 16.0. The Kier molecular flexibility index (Phi) is 5.57. The van der Waals surface area contributed by atoms with E-state index < -0.39 is 33.4 Å². The average Bonchev–Trinajstić information content (AvgIpc) is 3.32. The number of unbranched alkanes of at least 4 members (excludes halogenated alkanes) is 1. The summed E-state index contributed by atoms with van der Waals surface area (Å²) in [6.07, 6.45) is -2.05. The molecule has 0 aromatic heterocycles. The van der Waals surface area contributed by atoms with Crippen molar-refractivity contribution in [2.75, 3.05) is 18.1 Å². The van der Waals surface area contributed by atoms with Crippen LogP contribution in [0.25, 0.3) is 0 Å². The van der Waals surface area contributed by atoms with Crippen molar-refractivity contribution in [1.29, 1.82) is 0 Å². The Hall–Kier alpha value is -1.57. The minimum atomic E-state index is -4.45. The summed E-state index contributed by atoms with van der Waals surface area (Å²) in [6.45, 7) is 2.44. The number of alkyl halides is 3. The molecule has 3 rings (SSSR count). The second-order valence-corrected chi connectivity index (χ2v) is 9.70. The molecule has 150 valence electrons. The first-order valence-corrected chi connectivity index (χ1v) is 11.1. The highest BCUT2D eigenvalue weighted by atomic mass is 32.2. The lowest BCUT2D eigenvalue weighted by Gasteiger charge is -2.28. The van der Waals surface area contributed by atoms with E-state index in [4.69, 9.17) is 0 Å². The monoisotopic (exact) mass is 403 g/mol. The molecule has 27 heavy (non-hydrogen) atoms. The van der Waals surface area contributed by atoms with E-state index in [1.165, 1.54) is 12.1 Å². The van der Waals surface area contributed by atoms with Crippen LogP contribution in [0.2, 0.25) is 0 Å². The van der Waals surface area contributed by atoms with Crippen LogP contribution in [0, 0.1) is 5.92 Å². The van der Waals surface area contributed by atoms with Crippen LogP contribution in [-0.2, 0) is 20.8 Å². The van der Waals surface area contributed by atoms with Gasteiger partial charge >= 0.3 is 6.18 Å². The summed E-state index contributed by atoms with van der Waals surface area (Å²) < 4.78 is 63.4. The zero-order chi connectivity index (χ0) is 19.8. The Bertz CT molecular complexity index is 807. The van der Waals surface area contributed by atoms with Crippen molar-refractivity contribution in [3.8, 4) is 0 Å². The highest BCUT2D eigenvalue weighted by Gasteiger charge is 2.50. The molecule has 3 unspecified atom stereocenters. The number of sulfone groups is 1. The van der Waals surface area contributed by atoms with E-state index in [0.717, 1.165) is 18.9 Å². The minimum absolute atomic E-state index is 0.0427. The van der Waals surface area contributed by atoms with Crippen LogP contribution < -0.4 is 0 Å². The number of hydrogen-bond donors (Lipinski definition) is 0. The van der Waals surface area contributed by atoms with Crippen molar-refractivity contribution in [3.05, 3.63) is 35.4 Å². The summed E-state index contributed by atoms with van der Waals surface area (Å²) in [7, 11) is -3.14. The first-order valence-electron chi connectivity index (χ1n) is 9.31. The van der Waals surface area contributed by atoms with Crippen LogP contribution in [0.5, 0.6) is 0 Å². The van der Waals surface area contributed by atoms with Gasteiger partial charge in [0.05, 0.1) is 17.1 Å². The van der Waals surface area contributed by atoms with Gasteiger partial charge in [0.2, 0.25) is 5.91 Å². The van der Waals surface area contributed by atoms with Crippen molar-refractivity contribution >= 4 is 15.7 Å². The number of halogens is 3. The first kappa shape index (κ1) is 20.2. The number of nitrogens with zero attached hydrogens (tertiary/aromatic N) is 1. The van der Waals surface area contributed by atoms with E-state index in [-0.39, 0.29) is 29.0 Å². The summed E-state index contributed by atoms with van der Waals surface area (Å²) in [5.74, 6) is -1.11. The zero-order valence-electron chi connectivity index (χ0n) is 15.2. The third-order valence-corrected chi connectivity index (χ3v) is 7.21. The molecule has 1 amide bonds. The largest absolute Gasteiger partial charge is 0.416 e. The van der Waals surface area contributed by atoms with Crippen molar-refractivity contribution in [2.24, 2.45) is 5.92 Å². The number of amides is 1. The molecular formula is C19H24F3NO3S. The second-order valence-electron chi connectivity index (χ2n) is 7.48. The Morgan fingerprint density at radius 1 is 1.26 bits per heavy atom. The Morgan fingerprint density at radius 2 is 1.96 bits per heavy atom. The second kappa shape index (κ2) is 7.45. The van der Waals surface area contributed by atoms with Crippen LogP contribution in [0.3, 0.4) is 0 Å². The number of benzene rings is 1. The normalized spacial score (nSPS) is 26.7. The predicted octanol–water partition coefficient (Wildman–Crippen LogP) is 3.62. The third-order valence-electron chi connectivity index (χ3n) is 5.46. The van der Waals surface area contributed by atoms with Crippen LogP contribution in [0.4, 0.5) is 13.2 Å². The van der Waals surface area contributed by atoms with Crippen LogP contribution in [0.15, 0.2) is 24.3 Å². The molecule has 1 aliphatic heterocycles. The van der Waals surface area contributed by atoms with Gasteiger partial charge in [-0.05, 0) is 36.8 Å². The van der Waals surface area contributed by atoms with Gasteiger partial charge in [0.15, 0.2) is 9.84 Å². The lowest BCUT2D eigenvalue weighted by Crippen LogP contribution is -2.42. The van der Waals surface area contributed by atoms with E-state index in [9.17, 15) is 26.4 Å². The Morgan fingerprint density at radius 3 is 2.56 bits per heavy atom. The molecule has 8 heteroatoms. The van der Waals surface area contributed by atoms with Gasteiger partial charge in [-0.15, -0.1) is 0 Å². The standard InChI is InChI=1S/C19H24F3NO3S/c1-2-3-9-23(13-8-10-27(25,26)12-13)18(24)16-11-15(16)14-6-4-5-7-17(14)19(20,21)22/h4-7,13,15-16H,2-3,8-12H2,1H3. The highest BCUT2D eigenvalue weighted by molar-refractivity contribution is 7.91. The summed E-state index contributed by atoms with van der Waals surface area (Å²) >= 11 is 0. The lowest BCUT2D eigenvalue weighted by molar-refractivity contribution is -0.139. The molecule has 1 aliphatic carbocycles. The van der Waals surface area contributed by atoms with E-state index >= 15 is 0 Å². The molecule has 3 atom stereocenters. The molecule has 0 spiro atoms. The fourth-order valence-electron chi connectivity index (χ4n) is 3.93. The molecule has 1 aromatic carbocycles. The van der Waals surface area contributed by atoms with Gasteiger partial charge in [-0.3, -0.25) is 4.79 Å². The molecule has 1 heterocycles. The quantitative estimate of drug-likeness (QED) is 0.729. The predicted molar refractivity (Wildman–Crippen MR) is 96.0 cm³/mol. The molecule has 0 N–H and O–H groups in total. The fraction of sp³-hybridized carbons (Fsp3) is 0.632. The first-order chi connectivity index (χ1) is 12.6. The maximum Gasteiger partial charge on any atom is 0.416 e. The topological polar surface area (TPSA) is 54.5 Å². The van der Waals surface area contributed by atoms with Gasteiger partial charge in [-0.25, -0.2) is 8.42 Å².